The van der Waals surface area contributed by atoms with Crippen molar-refractivity contribution in [2.24, 2.45) is 0 Å². The van der Waals surface area contributed by atoms with Gasteiger partial charge in [-0.25, -0.2) is 0 Å². The third kappa shape index (κ3) is 2.65. The third-order valence-corrected chi connectivity index (χ3v) is 5.12. The zero-order valence-electron chi connectivity index (χ0n) is 14.8. The van der Waals surface area contributed by atoms with Gasteiger partial charge in [-0.05, 0) is 55.7 Å². The Bertz CT molecular complexity index is 1020. The van der Waals surface area contributed by atoms with Crippen LogP contribution in [-0.4, -0.2) is 23.8 Å². The molecule has 5 heteroatoms. The number of anilines is 1. The first-order chi connectivity index (χ1) is 12.5. The summed E-state index contributed by atoms with van der Waals surface area (Å²) < 4.78 is 5.33. The van der Waals surface area contributed by atoms with Crippen molar-refractivity contribution in [3.05, 3.63) is 59.8 Å². The molecule has 0 atom stereocenters. The van der Waals surface area contributed by atoms with E-state index >= 15 is 0 Å². The van der Waals surface area contributed by atoms with E-state index in [1.165, 1.54) is 6.92 Å². The number of methoxy groups -OCH3 is 1. The van der Waals surface area contributed by atoms with Crippen molar-refractivity contribution < 1.29 is 14.3 Å². The minimum absolute atomic E-state index is 0.0223. The lowest BCUT2D eigenvalue weighted by molar-refractivity contribution is -0.118. The number of fused-ring (bicyclic) bond motifs is 1. The summed E-state index contributed by atoms with van der Waals surface area (Å²) in [6.07, 6.45) is 3.52. The lowest BCUT2D eigenvalue weighted by Crippen LogP contribution is -2.27. The van der Waals surface area contributed by atoms with E-state index in [-0.39, 0.29) is 11.7 Å². The van der Waals surface area contributed by atoms with E-state index in [1.807, 2.05) is 24.4 Å². The summed E-state index contributed by atoms with van der Waals surface area (Å²) >= 11 is 0. The van der Waals surface area contributed by atoms with Crippen LogP contribution >= 0.6 is 0 Å². The highest BCUT2D eigenvalue weighted by molar-refractivity contribution is 6.05. The van der Waals surface area contributed by atoms with E-state index in [2.05, 4.69) is 10.3 Å². The van der Waals surface area contributed by atoms with Crippen LogP contribution in [-0.2, 0) is 10.2 Å². The zero-order chi connectivity index (χ0) is 18.3. The molecule has 1 amide bonds. The van der Waals surface area contributed by atoms with Crippen molar-refractivity contribution in [1.29, 1.82) is 0 Å². The van der Waals surface area contributed by atoms with Crippen LogP contribution < -0.4 is 10.1 Å². The van der Waals surface area contributed by atoms with Crippen molar-refractivity contribution >= 4 is 28.3 Å². The lowest BCUT2D eigenvalue weighted by Gasteiger charge is -2.15. The number of H-pyrrole nitrogens is 1. The molecular weight excluding hydrogens is 328 g/mol. The van der Waals surface area contributed by atoms with Gasteiger partial charge in [-0.15, -0.1) is 0 Å². The second-order valence-corrected chi connectivity index (χ2v) is 6.79. The number of rotatable bonds is 5. The number of carbonyl (C=O) groups is 2. The van der Waals surface area contributed by atoms with Gasteiger partial charge in [0.1, 0.15) is 5.75 Å². The number of hydrogen-bond acceptors (Lipinski definition) is 3. The smallest absolute Gasteiger partial charge is 0.235 e. The van der Waals surface area contributed by atoms with E-state index < -0.39 is 5.41 Å². The minimum Gasteiger partial charge on any atom is -0.497 e. The van der Waals surface area contributed by atoms with Crippen molar-refractivity contribution in [2.45, 2.75) is 25.2 Å². The van der Waals surface area contributed by atoms with Gasteiger partial charge in [-0.3, -0.25) is 9.59 Å². The summed E-state index contributed by atoms with van der Waals surface area (Å²) in [6, 6.07) is 12.9. The third-order valence-electron chi connectivity index (χ3n) is 5.12. The molecule has 4 rings (SSSR count). The van der Waals surface area contributed by atoms with Gasteiger partial charge in [0.05, 0.1) is 12.5 Å². The number of ketones is 1. The molecular formula is C21H20N2O3. The first-order valence-electron chi connectivity index (χ1n) is 8.61. The van der Waals surface area contributed by atoms with Crippen molar-refractivity contribution in [3.8, 4) is 5.75 Å². The Kier molecular flexibility index (Phi) is 3.80. The average molecular weight is 348 g/mol. The molecule has 0 spiro atoms. The van der Waals surface area contributed by atoms with Crippen LogP contribution in [0.3, 0.4) is 0 Å². The maximum Gasteiger partial charge on any atom is 0.235 e. The standard InChI is InChI=1S/C21H20N2O3/c1-13(24)14-4-3-5-15(10-14)23-20(25)21(8-9-21)18-12-22-19-7-6-16(26-2)11-17(18)19/h3-7,10-12,22H,8-9H2,1-2H3,(H,23,25). The van der Waals surface area contributed by atoms with Crippen LogP contribution in [0.2, 0.25) is 0 Å². The van der Waals surface area contributed by atoms with Crippen molar-refractivity contribution in [3.63, 3.8) is 0 Å². The lowest BCUT2D eigenvalue weighted by atomic mass is 9.94. The van der Waals surface area contributed by atoms with Gasteiger partial charge in [0.2, 0.25) is 5.91 Å². The van der Waals surface area contributed by atoms with Gasteiger partial charge in [0, 0.05) is 28.4 Å². The van der Waals surface area contributed by atoms with Gasteiger partial charge in [0.15, 0.2) is 5.78 Å². The highest BCUT2D eigenvalue weighted by Crippen LogP contribution is 2.51. The Morgan fingerprint density at radius 3 is 2.65 bits per heavy atom. The van der Waals surface area contributed by atoms with Crippen LogP contribution in [0.5, 0.6) is 5.75 Å². The summed E-state index contributed by atoms with van der Waals surface area (Å²) in [5, 5.41) is 3.99. The van der Waals surface area contributed by atoms with Crippen LogP contribution in [0.1, 0.15) is 35.7 Å². The monoisotopic (exact) mass is 348 g/mol. The Balaban J connectivity index is 1.66. The number of nitrogens with one attached hydrogen (secondary N) is 2. The Labute approximate surface area is 151 Å². The molecule has 26 heavy (non-hydrogen) atoms. The second kappa shape index (κ2) is 6.02. The van der Waals surface area contributed by atoms with E-state index in [1.54, 1.807) is 31.4 Å². The highest BCUT2D eigenvalue weighted by Gasteiger charge is 2.52. The molecule has 1 aromatic heterocycles. The molecule has 0 saturated heterocycles. The Morgan fingerprint density at radius 1 is 1.15 bits per heavy atom. The molecule has 0 aliphatic heterocycles. The van der Waals surface area contributed by atoms with Gasteiger partial charge in [0.25, 0.3) is 0 Å². The molecule has 0 bridgehead atoms. The molecule has 5 nitrogen and oxygen atoms in total. The first kappa shape index (κ1) is 16.4. The number of benzene rings is 2. The second-order valence-electron chi connectivity index (χ2n) is 6.79. The topological polar surface area (TPSA) is 71.2 Å². The number of Topliss-reactive ketones (excluding diaryl/α,β-unsaturated/α-hetero) is 1. The van der Waals surface area contributed by atoms with Crippen molar-refractivity contribution in [2.75, 3.05) is 12.4 Å². The van der Waals surface area contributed by atoms with E-state index in [9.17, 15) is 9.59 Å². The predicted molar refractivity (Wildman–Crippen MR) is 101 cm³/mol. The maximum atomic E-state index is 13.0. The fraction of sp³-hybridized carbons (Fsp3) is 0.238. The summed E-state index contributed by atoms with van der Waals surface area (Å²) in [7, 11) is 1.63. The van der Waals surface area contributed by atoms with E-state index in [0.29, 0.717) is 11.3 Å². The molecule has 2 N–H and O–H groups in total. The van der Waals surface area contributed by atoms with Gasteiger partial charge < -0.3 is 15.0 Å². The number of aromatic nitrogens is 1. The summed E-state index contributed by atoms with van der Waals surface area (Å²) in [5.41, 5.74) is 2.68. The predicted octanol–water partition coefficient (Wildman–Crippen LogP) is 4.05. The normalized spacial score (nSPS) is 14.8. The van der Waals surface area contributed by atoms with Crippen LogP contribution in [0, 0.1) is 0 Å². The number of hydrogen-bond donors (Lipinski definition) is 2. The number of amides is 1. The SMILES string of the molecule is COc1ccc2[nH]cc(C3(C(=O)Nc4cccc(C(C)=O)c4)CC3)c2c1. The number of ether oxygens (including phenoxy) is 1. The van der Waals surface area contributed by atoms with Crippen molar-refractivity contribution in [1.82, 2.24) is 4.98 Å². The largest absolute Gasteiger partial charge is 0.497 e. The number of aromatic amines is 1. The van der Waals surface area contributed by atoms with Crippen LogP contribution in [0.4, 0.5) is 5.69 Å². The average Bonchev–Trinajstić information content (AvgIpc) is 3.35. The fourth-order valence-corrected chi connectivity index (χ4v) is 3.43. The summed E-state index contributed by atoms with van der Waals surface area (Å²) in [5.74, 6) is 0.705. The Morgan fingerprint density at radius 2 is 1.96 bits per heavy atom. The van der Waals surface area contributed by atoms with E-state index in [4.69, 9.17) is 4.74 Å². The summed E-state index contributed by atoms with van der Waals surface area (Å²) in [4.78, 5) is 27.8. The highest BCUT2D eigenvalue weighted by atomic mass is 16.5. The van der Waals surface area contributed by atoms with Gasteiger partial charge in [-0.2, -0.15) is 0 Å². The van der Waals surface area contributed by atoms with Crippen LogP contribution in [0.25, 0.3) is 10.9 Å². The van der Waals surface area contributed by atoms with Crippen LogP contribution in [0.15, 0.2) is 48.7 Å². The molecule has 1 fully saturated rings. The fourth-order valence-electron chi connectivity index (χ4n) is 3.43. The van der Waals surface area contributed by atoms with Gasteiger partial charge >= 0.3 is 0 Å². The first-order valence-corrected chi connectivity index (χ1v) is 8.61. The minimum atomic E-state index is -0.531. The maximum absolute atomic E-state index is 13.0. The molecule has 3 aromatic rings. The molecule has 1 heterocycles. The molecule has 2 aromatic carbocycles. The van der Waals surface area contributed by atoms with Gasteiger partial charge in [-0.1, -0.05) is 12.1 Å². The number of carbonyl (C=O) groups excluding carboxylic acids is 2. The molecule has 1 aliphatic carbocycles. The zero-order valence-corrected chi connectivity index (χ0v) is 14.8. The molecule has 0 radical (unpaired) electrons. The molecule has 0 unspecified atom stereocenters. The van der Waals surface area contributed by atoms with E-state index in [0.717, 1.165) is 35.1 Å². The molecule has 1 aliphatic rings. The molecule has 132 valence electrons. The summed E-state index contributed by atoms with van der Waals surface area (Å²) in [6.45, 7) is 1.52. The Hall–Kier alpha value is -3.08. The molecule has 1 saturated carbocycles. The quantitative estimate of drug-likeness (QED) is 0.683.